The SMILES string of the molecule is CCc1cc(OCC=C(Cl)Cl)cc(C)c1OCC=O. The smallest absolute Gasteiger partial charge is 0.157 e. The number of halogens is 2. The van der Waals surface area contributed by atoms with E-state index in [1.54, 1.807) is 6.08 Å². The second-order valence-electron chi connectivity index (χ2n) is 3.86. The van der Waals surface area contributed by atoms with Crippen molar-refractivity contribution in [3.05, 3.63) is 33.8 Å². The van der Waals surface area contributed by atoms with Gasteiger partial charge in [-0.15, -0.1) is 0 Å². The molecule has 1 rings (SSSR count). The Morgan fingerprint density at radius 2 is 2.00 bits per heavy atom. The van der Waals surface area contributed by atoms with Gasteiger partial charge in [0.2, 0.25) is 0 Å². The molecule has 19 heavy (non-hydrogen) atoms. The Morgan fingerprint density at radius 1 is 1.26 bits per heavy atom. The molecule has 0 bridgehead atoms. The first-order chi connectivity index (χ1) is 9.08. The maximum absolute atomic E-state index is 10.4. The fourth-order valence-electron chi connectivity index (χ4n) is 1.68. The largest absolute Gasteiger partial charge is 0.489 e. The molecular weight excluding hydrogens is 287 g/mol. The van der Waals surface area contributed by atoms with Crippen LogP contribution in [0.4, 0.5) is 0 Å². The molecule has 0 atom stereocenters. The lowest BCUT2D eigenvalue weighted by Crippen LogP contribution is -2.03. The minimum Gasteiger partial charge on any atom is -0.489 e. The molecule has 0 saturated heterocycles. The standard InChI is InChI=1S/C14H16Cl2O3/c1-3-11-9-12(18-6-4-13(15)16)8-10(2)14(11)19-7-5-17/h4-5,8-9H,3,6-7H2,1-2H3. The van der Waals surface area contributed by atoms with Crippen LogP contribution < -0.4 is 9.47 Å². The summed E-state index contributed by atoms with van der Waals surface area (Å²) in [6.07, 6.45) is 3.09. The lowest BCUT2D eigenvalue weighted by molar-refractivity contribution is -0.109. The number of rotatable bonds is 7. The van der Waals surface area contributed by atoms with Gasteiger partial charge in [-0.3, -0.25) is 4.79 Å². The normalized spacial score (nSPS) is 9.89. The van der Waals surface area contributed by atoms with Crippen LogP contribution in [-0.4, -0.2) is 19.5 Å². The molecule has 0 N–H and O–H groups in total. The highest BCUT2D eigenvalue weighted by Gasteiger charge is 2.09. The van der Waals surface area contributed by atoms with Crippen molar-refractivity contribution < 1.29 is 14.3 Å². The van der Waals surface area contributed by atoms with E-state index in [1.807, 2.05) is 26.0 Å². The van der Waals surface area contributed by atoms with Gasteiger partial charge >= 0.3 is 0 Å². The van der Waals surface area contributed by atoms with Gasteiger partial charge in [0.1, 0.15) is 29.2 Å². The summed E-state index contributed by atoms with van der Waals surface area (Å²) in [5.74, 6) is 1.46. The lowest BCUT2D eigenvalue weighted by atomic mass is 10.1. The second-order valence-corrected chi connectivity index (χ2v) is 4.87. The van der Waals surface area contributed by atoms with Crippen molar-refractivity contribution in [3.63, 3.8) is 0 Å². The molecule has 3 nitrogen and oxygen atoms in total. The van der Waals surface area contributed by atoms with E-state index >= 15 is 0 Å². The van der Waals surface area contributed by atoms with Gasteiger partial charge < -0.3 is 9.47 Å². The van der Waals surface area contributed by atoms with Gasteiger partial charge in [0.15, 0.2) is 6.29 Å². The van der Waals surface area contributed by atoms with E-state index in [9.17, 15) is 4.79 Å². The molecule has 0 amide bonds. The Morgan fingerprint density at radius 3 is 2.58 bits per heavy atom. The molecule has 0 aliphatic carbocycles. The van der Waals surface area contributed by atoms with Crippen LogP contribution >= 0.6 is 23.2 Å². The summed E-state index contributed by atoms with van der Waals surface area (Å²) in [5, 5.41) is 0. The van der Waals surface area contributed by atoms with Gasteiger partial charge in [0.05, 0.1) is 0 Å². The van der Waals surface area contributed by atoms with Crippen LogP contribution in [0.5, 0.6) is 11.5 Å². The van der Waals surface area contributed by atoms with Crippen LogP contribution in [0.25, 0.3) is 0 Å². The number of aryl methyl sites for hydroxylation is 2. The maximum Gasteiger partial charge on any atom is 0.157 e. The highest BCUT2D eigenvalue weighted by atomic mass is 35.5. The van der Waals surface area contributed by atoms with E-state index < -0.39 is 0 Å². The summed E-state index contributed by atoms with van der Waals surface area (Å²) < 4.78 is 11.1. The topological polar surface area (TPSA) is 35.5 Å². The number of carbonyl (C=O) groups excluding carboxylic acids is 1. The Labute approximate surface area is 123 Å². The summed E-state index contributed by atoms with van der Waals surface area (Å²) in [5.41, 5.74) is 1.93. The first-order valence-electron chi connectivity index (χ1n) is 5.92. The Balaban J connectivity index is 2.88. The number of benzene rings is 1. The number of hydrogen-bond acceptors (Lipinski definition) is 3. The average Bonchev–Trinajstić information content (AvgIpc) is 2.36. The Hall–Kier alpha value is -1.19. The summed E-state index contributed by atoms with van der Waals surface area (Å²) in [7, 11) is 0. The third-order valence-corrected chi connectivity index (χ3v) is 2.80. The van der Waals surface area contributed by atoms with Crippen LogP contribution in [0.3, 0.4) is 0 Å². The molecule has 0 aliphatic heterocycles. The van der Waals surface area contributed by atoms with Crippen molar-refractivity contribution in [1.29, 1.82) is 0 Å². The highest BCUT2D eigenvalue weighted by molar-refractivity contribution is 6.55. The quantitative estimate of drug-likeness (QED) is 0.718. The number of hydrogen-bond donors (Lipinski definition) is 0. The van der Waals surface area contributed by atoms with E-state index in [4.69, 9.17) is 32.7 Å². The average molecular weight is 303 g/mol. The molecule has 0 unspecified atom stereocenters. The molecule has 1 aromatic carbocycles. The summed E-state index contributed by atoms with van der Waals surface area (Å²) in [4.78, 5) is 10.4. The Kier molecular flexibility index (Phi) is 6.74. The summed E-state index contributed by atoms with van der Waals surface area (Å²) in [6.45, 7) is 4.29. The molecule has 0 spiro atoms. The van der Waals surface area contributed by atoms with Crippen molar-refractivity contribution >= 4 is 29.5 Å². The van der Waals surface area contributed by atoms with Gasteiger partial charge in [-0.2, -0.15) is 0 Å². The number of ether oxygens (including phenoxy) is 2. The molecule has 0 heterocycles. The third-order valence-electron chi connectivity index (χ3n) is 2.49. The van der Waals surface area contributed by atoms with Crippen molar-refractivity contribution in [3.8, 4) is 11.5 Å². The fourth-order valence-corrected chi connectivity index (χ4v) is 1.81. The highest BCUT2D eigenvalue weighted by Crippen LogP contribution is 2.29. The van der Waals surface area contributed by atoms with Crippen molar-refractivity contribution in [1.82, 2.24) is 0 Å². The van der Waals surface area contributed by atoms with Gasteiger partial charge in [0, 0.05) is 0 Å². The van der Waals surface area contributed by atoms with Crippen LogP contribution in [-0.2, 0) is 11.2 Å². The minimum atomic E-state index is 0.0542. The molecule has 0 fully saturated rings. The van der Waals surface area contributed by atoms with Crippen molar-refractivity contribution in [2.75, 3.05) is 13.2 Å². The predicted octanol–water partition coefficient (Wildman–Crippen LogP) is 3.83. The van der Waals surface area contributed by atoms with Gasteiger partial charge in [-0.1, -0.05) is 30.1 Å². The zero-order valence-electron chi connectivity index (χ0n) is 10.9. The summed E-state index contributed by atoms with van der Waals surface area (Å²) in [6, 6.07) is 3.75. The van der Waals surface area contributed by atoms with E-state index in [0.29, 0.717) is 6.61 Å². The number of carbonyl (C=O) groups is 1. The third kappa shape index (κ3) is 5.13. The molecule has 1 aromatic rings. The van der Waals surface area contributed by atoms with Crippen molar-refractivity contribution in [2.24, 2.45) is 0 Å². The predicted molar refractivity (Wildman–Crippen MR) is 77.4 cm³/mol. The maximum atomic E-state index is 10.4. The van der Waals surface area contributed by atoms with E-state index in [1.165, 1.54) is 0 Å². The molecule has 0 saturated carbocycles. The van der Waals surface area contributed by atoms with Gasteiger partial charge in [-0.05, 0) is 42.7 Å². The second kappa shape index (κ2) is 8.08. The molecule has 0 aliphatic rings. The zero-order valence-corrected chi connectivity index (χ0v) is 12.4. The van der Waals surface area contributed by atoms with Gasteiger partial charge in [0.25, 0.3) is 0 Å². The monoisotopic (exact) mass is 302 g/mol. The van der Waals surface area contributed by atoms with Gasteiger partial charge in [-0.25, -0.2) is 0 Å². The van der Waals surface area contributed by atoms with Crippen molar-refractivity contribution in [2.45, 2.75) is 20.3 Å². The molecule has 5 heteroatoms. The first-order valence-corrected chi connectivity index (χ1v) is 6.68. The molecule has 0 aromatic heterocycles. The number of aldehydes is 1. The molecule has 104 valence electrons. The van der Waals surface area contributed by atoms with Crippen LogP contribution in [0, 0.1) is 6.92 Å². The summed E-state index contributed by atoms with van der Waals surface area (Å²) >= 11 is 11.0. The zero-order chi connectivity index (χ0) is 14.3. The molecular formula is C14H16Cl2O3. The lowest BCUT2D eigenvalue weighted by Gasteiger charge is -2.14. The Bertz CT molecular complexity index is 466. The minimum absolute atomic E-state index is 0.0542. The van der Waals surface area contributed by atoms with Crippen LogP contribution in [0.2, 0.25) is 0 Å². The van der Waals surface area contributed by atoms with E-state index in [0.717, 1.165) is 35.3 Å². The van der Waals surface area contributed by atoms with E-state index in [-0.39, 0.29) is 11.1 Å². The fraction of sp³-hybridized carbons (Fsp3) is 0.357. The van der Waals surface area contributed by atoms with Crippen LogP contribution in [0.15, 0.2) is 22.7 Å². The first kappa shape index (κ1) is 15.9. The van der Waals surface area contributed by atoms with Crippen LogP contribution in [0.1, 0.15) is 18.1 Å². The van der Waals surface area contributed by atoms with E-state index in [2.05, 4.69) is 0 Å². The molecule has 0 radical (unpaired) electrons.